The third kappa shape index (κ3) is 9.10. The fourth-order valence-corrected chi connectivity index (χ4v) is 5.14. The standard InChI is InChI=1S/C23H37F3O3/c1-17(16-27)22(28)29-15-13-19-7-11-21(12-8-19)20-9-5-18(6-10-20)4-2-3-14-23(24,25)26/h18-21,27H,1-16H2. The smallest absolute Gasteiger partial charge is 0.389 e. The average molecular weight is 419 g/mol. The summed E-state index contributed by atoms with van der Waals surface area (Å²) in [7, 11) is 0. The van der Waals surface area contributed by atoms with Gasteiger partial charge in [0.15, 0.2) is 0 Å². The molecule has 2 aliphatic rings. The second-order valence-electron chi connectivity index (χ2n) is 9.11. The van der Waals surface area contributed by atoms with E-state index in [4.69, 9.17) is 9.84 Å². The number of hydrogen-bond acceptors (Lipinski definition) is 3. The van der Waals surface area contributed by atoms with E-state index in [1.807, 2.05) is 0 Å². The van der Waals surface area contributed by atoms with Crippen molar-refractivity contribution >= 4 is 5.97 Å². The van der Waals surface area contributed by atoms with Crippen LogP contribution in [0.15, 0.2) is 12.2 Å². The number of aliphatic hydroxyl groups is 1. The van der Waals surface area contributed by atoms with E-state index >= 15 is 0 Å². The van der Waals surface area contributed by atoms with Crippen molar-refractivity contribution in [1.29, 1.82) is 0 Å². The Labute approximate surface area is 173 Å². The zero-order chi connectivity index (χ0) is 21.3. The number of esters is 1. The molecule has 0 heterocycles. The molecule has 2 aliphatic carbocycles. The van der Waals surface area contributed by atoms with Crippen LogP contribution in [0.2, 0.25) is 0 Å². The van der Waals surface area contributed by atoms with Crippen molar-refractivity contribution in [3.8, 4) is 0 Å². The average Bonchev–Trinajstić information content (AvgIpc) is 2.71. The maximum absolute atomic E-state index is 12.2. The van der Waals surface area contributed by atoms with Crippen molar-refractivity contribution in [3.63, 3.8) is 0 Å². The van der Waals surface area contributed by atoms with Gasteiger partial charge in [-0.3, -0.25) is 0 Å². The first-order chi connectivity index (χ1) is 13.8. The molecule has 0 bridgehead atoms. The van der Waals surface area contributed by atoms with Gasteiger partial charge in [-0.15, -0.1) is 0 Å². The predicted molar refractivity (Wildman–Crippen MR) is 107 cm³/mol. The van der Waals surface area contributed by atoms with E-state index in [2.05, 4.69) is 6.58 Å². The summed E-state index contributed by atoms with van der Waals surface area (Å²) in [6.45, 7) is 3.50. The monoisotopic (exact) mass is 418 g/mol. The lowest BCUT2D eigenvalue weighted by Gasteiger charge is -2.38. The first-order valence-corrected chi connectivity index (χ1v) is 11.3. The van der Waals surface area contributed by atoms with Crippen molar-refractivity contribution < 1.29 is 27.8 Å². The fraction of sp³-hybridized carbons (Fsp3) is 0.870. The van der Waals surface area contributed by atoms with Crippen LogP contribution in [0.3, 0.4) is 0 Å². The Hall–Kier alpha value is -1.04. The van der Waals surface area contributed by atoms with Gasteiger partial charge in [-0.2, -0.15) is 13.2 Å². The minimum atomic E-state index is -4.01. The molecular formula is C23H37F3O3. The van der Waals surface area contributed by atoms with Crippen molar-refractivity contribution in [2.75, 3.05) is 13.2 Å². The molecule has 0 aromatic rings. The van der Waals surface area contributed by atoms with Gasteiger partial charge in [0, 0.05) is 6.42 Å². The number of halogens is 3. The summed E-state index contributed by atoms with van der Waals surface area (Å²) >= 11 is 0. The molecule has 0 radical (unpaired) electrons. The van der Waals surface area contributed by atoms with E-state index in [0.717, 1.165) is 24.7 Å². The summed E-state index contributed by atoms with van der Waals surface area (Å²) in [5, 5.41) is 8.86. The lowest BCUT2D eigenvalue weighted by molar-refractivity contribution is -0.140. The second-order valence-corrected chi connectivity index (χ2v) is 9.11. The van der Waals surface area contributed by atoms with E-state index in [1.165, 1.54) is 51.4 Å². The van der Waals surface area contributed by atoms with E-state index in [9.17, 15) is 18.0 Å². The predicted octanol–water partition coefficient (Wildman–Crippen LogP) is 6.20. The molecule has 2 rings (SSSR count). The second kappa shape index (κ2) is 12.0. The number of ether oxygens (including phenoxy) is 1. The highest BCUT2D eigenvalue weighted by atomic mass is 19.4. The van der Waals surface area contributed by atoms with Gasteiger partial charge in [-0.05, 0) is 62.2 Å². The van der Waals surface area contributed by atoms with Crippen molar-refractivity contribution in [2.45, 2.75) is 89.6 Å². The van der Waals surface area contributed by atoms with Gasteiger partial charge in [0.05, 0.1) is 18.8 Å². The number of alkyl halides is 3. The molecule has 0 saturated heterocycles. The minimum Gasteiger partial charge on any atom is -0.462 e. The van der Waals surface area contributed by atoms with Gasteiger partial charge in [-0.25, -0.2) is 4.79 Å². The van der Waals surface area contributed by atoms with Crippen LogP contribution < -0.4 is 0 Å². The zero-order valence-electron chi connectivity index (χ0n) is 17.5. The molecule has 0 aromatic carbocycles. The maximum Gasteiger partial charge on any atom is 0.389 e. The van der Waals surface area contributed by atoms with E-state index in [0.29, 0.717) is 24.9 Å². The Morgan fingerprint density at radius 1 is 0.897 bits per heavy atom. The van der Waals surface area contributed by atoms with E-state index < -0.39 is 18.6 Å². The Bertz CT molecular complexity index is 502. The summed E-state index contributed by atoms with van der Waals surface area (Å²) in [5.74, 6) is 2.30. The van der Waals surface area contributed by atoms with Crippen molar-refractivity contribution in [1.82, 2.24) is 0 Å². The summed E-state index contributed by atoms with van der Waals surface area (Å²) in [6.07, 6.45) is 7.84. The van der Waals surface area contributed by atoms with Crippen LogP contribution in [0.25, 0.3) is 0 Å². The molecule has 2 saturated carbocycles. The van der Waals surface area contributed by atoms with E-state index in [-0.39, 0.29) is 18.6 Å². The highest BCUT2D eigenvalue weighted by molar-refractivity contribution is 5.87. The molecule has 0 amide bonds. The van der Waals surface area contributed by atoms with Gasteiger partial charge < -0.3 is 9.84 Å². The Kier molecular flexibility index (Phi) is 10.0. The highest BCUT2D eigenvalue weighted by Crippen LogP contribution is 2.43. The molecule has 0 aliphatic heterocycles. The number of hydrogen-bond donors (Lipinski definition) is 1. The van der Waals surface area contributed by atoms with Gasteiger partial charge in [-0.1, -0.05) is 45.1 Å². The molecule has 29 heavy (non-hydrogen) atoms. The molecule has 0 spiro atoms. The van der Waals surface area contributed by atoms with Crippen molar-refractivity contribution in [2.24, 2.45) is 23.7 Å². The number of carbonyl (C=O) groups is 1. The van der Waals surface area contributed by atoms with Crippen LogP contribution in [0.4, 0.5) is 13.2 Å². The maximum atomic E-state index is 12.2. The molecule has 6 heteroatoms. The molecule has 3 nitrogen and oxygen atoms in total. The minimum absolute atomic E-state index is 0.102. The van der Waals surface area contributed by atoms with Crippen LogP contribution in [0, 0.1) is 23.7 Å². The lowest BCUT2D eigenvalue weighted by Crippen LogP contribution is -2.26. The van der Waals surface area contributed by atoms with Gasteiger partial charge >= 0.3 is 12.1 Å². The van der Waals surface area contributed by atoms with Gasteiger partial charge in [0.25, 0.3) is 0 Å². The zero-order valence-corrected chi connectivity index (χ0v) is 17.5. The van der Waals surface area contributed by atoms with Crippen LogP contribution in [-0.4, -0.2) is 30.5 Å². The van der Waals surface area contributed by atoms with Crippen LogP contribution in [0.5, 0.6) is 0 Å². The fourth-order valence-electron chi connectivity index (χ4n) is 5.14. The lowest BCUT2D eigenvalue weighted by atomic mass is 9.68. The van der Waals surface area contributed by atoms with Gasteiger partial charge in [0.1, 0.15) is 0 Å². The van der Waals surface area contributed by atoms with Gasteiger partial charge in [0.2, 0.25) is 0 Å². The Morgan fingerprint density at radius 3 is 1.90 bits per heavy atom. The van der Waals surface area contributed by atoms with Crippen LogP contribution in [-0.2, 0) is 9.53 Å². The van der Waals surface area contributed by atoms with Crippen molar-refractivity contribution in [3.05, 3.63) is 12.2 Å². The first-order valence-electron chi connectivity index (χ1n) is 11.3. The SMILES string of the molecule is C=C(CO)C(=O)OCCC1CCC(C2CCC(CCCCC(F)(F)F)CC2)CC1. The normalized spacial score (nSPS) is 28.1. The first kappa shape index (κ1) is 24.2. The van der Waals surface area contributed by atoms with Crippen LogP contribution in [0.1, 0.15) is 83.5 Å². The summed E-state index contributed by atoms with van der Waals surface area (Å²) in [6, 6.07) is 0. The number of rotatable bonds is 10. The third-order valence-electron chi connectivity index (χ3n) is 7.01. The number of carbonyl (C=O) groups excluding carboxylic acids is 1. The summed E-state index contributed by atoms with van der Waals surface area (Å²) < 4.78 is 41.8. The Morgan fingerprint density at radius 2 is 1.41 bits per heavy atom. The largest absolute Gasteiger partial charge is 0.462 e. The molecular weight excluding hydrogens is 381 g/mol. The highest BCUT2D eigenvalue weighted by Gasteiger charge is 2.31. The number of aliphatic hydroxyl groups excluding tert-OH is 1. The molecule has 0 atom stereocenters. The summed E-state index contributed by atoms with van der Waals surface area (Å²) in [5.41, 5.74) is 0.102. The molecule has 168 valence electrons. The molecule has 1 N–H and O–H groups in total. The molecule has 0 aromatic heterocycles. The third-order valence-corrected chi connectivity index (χ3v) is 7.01. The number of unbranched alkanes of at least 4 members (excludes halogenated alkanes) is 1. The Balaban J connectivity index is 1.55. The van der Waals surface area contributed by atoms with Crippen LogP contribution >= 0.6 is 0 Å². The summed E-state index contributed by atoms with van der Waals surface area (Å²) in [4.78, 5) is 11.5. The molecule has 0 unspecified atom stereocenters. The van der Waals surface area contributed by atoms with E-state index in [1.54, 1.807) is 0 Å². The molecule has 2 fully saturated rings. The topological polar surface area (TPSA) is 46.5 Å². The quantitative estimate of drug-likeness (QED) is 0.261.